The van der Waals surface area contributed by atoms with Gasteiger partial charge >= 0.3 is 0 Å². The number of carbonyl (C=O) groups excluding carboxylic acids is 6. The Labute approximate surface area is 453 Å². The van der Waals surface area contributed by atoms with E-state index in [0.717, 1.165) is 45.8 Å². The minimum absolute atomic E-state index is 0.103. The number of benzene rings is 3. The van der Waals surface area contributed by atoms with E-state index < -0.39 is 24.2 Å². The molecule has 6 amide bonds. The van der Waals surface area contributed by atoms with Crippen LogP contribution < -0.4 is 54.0 Å². The maximum absolute atomic E-state index is 14.2. The van der Waals surface area contributed by atoms with Gasteiger partial charge in [-0.1, -0.05) is 42.5 Å². The van der Waals surface area contributed by atoms with Gasteiger partial charge < -0.3 is 41.7 Å². The van der Waals surface area contributed by atoms with E-state index in [-0.39, 0.29) is 47.5 Å². The predicted octanol–water partition coefficient (Wildman–Crippen LogP) is 2.43. The summed E-state index contributed by atoms with van der Waals surface area (Å²) in [7, 11) is 3.39. The molecule has 6 atom stereocenters. The van der Waals surface area contributed by atoms with E-state index in [2.05, 4.69) is 64.2 Å². The van der Waals surface area contributed by atoms with Crippen molar-refractivity contribution in [2.75, 3.05) is 53.4 Å². The number of amidine groups is 2. The average molecular weight is 1080 g/mol. The van der Waals surface area contributed by atoms with Gasteiger partial charge in [-0.15, -0.1) is 21.3 Å². The van der Waals surface area contributed by atoms with Crippen molar-refractivity contribution in [3.05, 3.63) is 96.1 Å². The van der Waals surface area contributed by atoms with Crippen molar-refractivity contribution >= 4 is 69.3 Å². The summed E-state index contributed by atoms with van der Waals surface area (Å²) in [6.07, 6.45) is 6.29. The molecule has 7 rings (SSSR count). The molecule has 0 spiro atoms. The van der Waals surface area contributed by atoms with Crippen LogP contribution >= 0.6 is 23.5 Å². The van der Waals surface area contributed by atoms with Crippen molar-refractivity contribution in [1.82, 2.24) is 73.9 Å². The number of hydrogen-bond acceptors (Lipinski definition) is 18. The number of carbonyl (C=O) groups is 6. The van der Waals surface area contributed by atoms with Gasteiger partial charge in [-0.2, -0.15) is 0 Å². The number of nitrogens with one attached hydrogen (secondary N) is 10. The molecule has 2 fully saturated rings. The number of thioether (sulfide) groups is 2. The van der Waals surface area contributed by atoms with Crippen molar-refractivity contribution in [3.63, 3.8) is 0 Å². The number of likely N-dealkylation sites (tertiary alicyclic amines) is 2. The highest BCUT2D eigenvalue weighted by atomic mass is 32.2. The molecule has 0 aliphatic carbocycles. The summed E-state index contributed by atoms with van der Waals surface area (Å²) in [5, 5.41) is 31.8. The maximum atomic E-state index is 14.2. The van der Waals surface area contributed by atoms with Crippen LogP contribution in [-0.4, -0.2) is 155 Å². The van der Waals surface area contributed by atoms with Crippen LogP contribution in [-0.2, 0) is 19.2 Å². The minimum Gasteiger partial charge on any atom is -0.352 e. The van der Waals surface area contributed by atoms with Crippen molar-refractivity contribution in [2.45, 2.75) is 124 Å². The highest BCUT2D eigenvalue weighted by molar-refractivity contribution is 8.14. The van der Waals surface area contributed by atoms with Gasteiger partial charge in [-0.25, -0.2) is 11.1 Å². The normalized spacial score (nSPS) is 18.7. The Hall–Kier alpha value is -6.44. The summed E-state index contributed by atoms with van der Waals surface area (Å²) in [6, 6.07) is 23.7. The van der Waals surface area contributed by atoms with Crippen LogP contribution in [0.4, 0.5) is 0 Å². The van der Waals surface area contributed by atoms with Crippen molar-refractivity contribution in [3.8, 4) is 0 Å². The number of rotatable bonds is 26. The Morgan fingerprint density at radius 1 is 0.592 bits per heavy atom. The highest BCUT2D eigenvalue weighted by Gasteiger charge is 2.38. The Bertz CT molecular complexity index is 2330. The molecule has 4 aliphatic heterocycles. The topological polar surface area (TPSA) is 260 Å². The van der Waals surface area contributed by atoms with E-state index in [0.29, 0.717) is 88.9 Å². The molecule has 4 heterocycles. The lowest BCUT2D eigenvalue weighted by molar-refractivity contribution is -0.138. The van der Waals surface area contributed by atoms with Crippen LogP contribution in [0.15, 0.2) is 105 Å². The van der Waals surface area contributed by atoms with Gasteiger partial charge in [-0.05, 0) is 158 Å². The van der Waals surface area contributed by atoms with E-state index >= 15 is 0 Å². The molecule has 3 aromatic carbocycles. The van der Waals surface area contributed by atoms with Gasteiger partial charge in [0.1, 0.15) is 12.1 Å². The average Bonchev–Trinajstić information content (AvgIpc) is 4.30. The molecule has 10 N–H and O–H groups in total. The Balaban J connectivity index is 0.851. The van der Waals surface area contributed by atoms with Crippen molar-refractivity contribution < 1.29 is 28.8 Å². The van der Waals surface area contributed by atoms with E-state index in [1.807, 2.05) is 80.5 Å². The van der Waals surface area contributed by atoms with Crippen LogP contribution in [0.2, 0.25) is 0 Å². The third-order valence-electron chi connectivity index (χ3n) is 13.8. The summed E-state index contributed by atoms with van der Waals surface area (Å²) in [6.45, 7) is 6.31. The first kappa shape index (κ1) is 57.3. The third kappa shape index (κ3) is 16.3. The minimum atomic E-state index is -0.748. The summed E-state index contributed by atoms with van der Waals surface area (Å²) in [5.74, 6) is -1.49. The zero-order chi connectivity index (χ0) is 53.8. The standard InChI is InChI=1S/C52H74N16O6S2/c1-35(53-3)45(69)57-43(49(73)65-30-16-20-39(65)33-67-51(59-61-63-67)75-41-22-7-5-8-23-41)26-11-13-28-55-47(71)37-18-15-19-38(32-37)48(72)56-29-14-12-27-44(58-46(70)36(2)54-4)50(74)66-31-17-21-40(66)34-68-52(60-62-64-68)76-42-24-9-6-10-25-42/h5-10,15,18-19,22-25,32,35-36,39-40,43-44,53-54,61-64H,11-14,16-17,20-21,26-31,33-34H2,1-4H3,(H,55,71)(H,56,72)(H,57,69)(H,58,70)/t35-,36-,39-,40-,43-,44-/m0/s1. The van der Waals surface area contributed by atoms with E-state index in [1.54, 1.807) is 52.2 Å². The zero-order valence-corrected chi connectivity index (χ0v) is 45.4. The summed E-state index contributed by atoms with van der Waals surface area (Å²) in [4.78, 5) is 87.1. The van der Waals surface area contributed by atoms with Crippen LogP contribution in [0.3, 0.4) is 0 Å². The Morgan fingerprint density at radius 2 is 1.01 bits per heavy atom. The fourth-order valence-electron chi connectivity index (χ4n) is 9.25. The molecule has 0 aromatic heterocycles. The van der Waals surface area contributed by atoms with Gasteiger partial charge in [0.05, 0.1) is 37.3 Å². The molecule has 22 nitrogen and oxygen atoms in total. The molecule has 410 valence electrons. The van der Waals surface area contributed by atoms with Crippen molar-refractivity contribution in [2.24, 2.45) is 10.2 Å². The first-order valence-corrected chi connectivity index (χ1v) is 28.0. The lowest BCUT2D eigenvalue weighted by Crippen LogP contribution is -2.55. The fraction of sp³-hybridized carbons (Fsp3) is 0.500. The zero-order valence-electron chi connectivity index (χ0n) is 43.8. The second kappa shape index (κ2) is 29.2. The van der Waals surface area contributed by atoms with Gasteiger partial charge in [-0.3, -0.25) is 38.8 Å². The number of amides is 6. The van der Waals surface area contributed by atoms with Crippen LogP contribution in [0.5, 0.6) is 0 Å². The Kier molecular flexibility index (Phi) is 22.0. The number of hydrogen-bond donors (Lipinski definition) is 10. The van der Waals surface area contributed by atoms with Crippen molar-refractivity contribution in [1.29, 1.82) is 0 Å². The Morgan fingerprint density at radius 3 is 1.42 bits per heavy atom. The number of nitrogens with zero attached hydrogens (tertiary/aromatic N) is 6. The number of likely N-dealkylation sites (N-methyl/N-ethyl adjacent to an activating group) is 2. The molecule has 0 radical (unpaired) electrons. The first-order chi connectivity index (χ1) is 36.9. The second-order valence-electron chi connectivity index (χ2n) is 19.2. The molecular weight excluding hydrogens is 1010 g/mol. The molecule has 0 bridgehead atoms. The molecular formula is C52H74N16O6S2. The monoisotopic (exact) mass is 1080 g/mol. The quantitative estimate of drug-likeness (QED) is 0.0518. The predicted molar refractivity (Wildman–Crippen MR) is 295 cm³/mol. The smallest absolute Gasteiger partial charge is 0.251 e. The van der Waals surface area contributed by atoms with Crippen LogP contribution in [0.1, 0.15) is 98.8 Å². The summed E-state index contributed by atoms with van der Waals surface area (Å²) in [5.41, 5.74) is 12.5. The second-order valence-corrected chi connectivity index (χ2v) is 21.3. The summed E-state index contributed by atoms with van der Waals surface area (Å²) < 4.78 is 0. The molecule has 4 aliphatic rings. The largest absolute Gasteiger partial charge is 0.352 e. The van der Waals surface area contributed by atoms with Gasteiger partial charge in [0.2, 0.25) is 34.0 Å². The maximum Gasteiger partial charge on any atom is 0.251 e. The fourth-order valence-corrected chi connectivity index (χ4v) is 10.9. The first-order valence-electron chi connectivity index (χ1n) is 26.3. The molecule has 3 aromatic rings. The summed E-state index contributed by atoms with van der Waals surface area (Å²) >= 11 is 3.03. The number of hydrazine groups is 4. The van der Waals surface area contributed by atoms with Crippen LogP contribution in [0.25, 0.3) is 0 Å². The molecule has 24 heteroatoms. The number of unbranched alkanes of at least 4 members (excludes halogenated alkanes) is 2. The SMILES string of the molecule is CN[C@@H](C)C(=O)N[C@@H](CCCCNC(=O)c1cccc(C(=O)NCCCC[C@H](NC(=O)[C@H](C)NC)C(=O)N2CCC[C@H]2CN2NNN=C2Sc2ccccc2)c1)C(=O)N1CCC[C@H]1CN1NNN=C1Sc1ccccc1. The van der Waals surface area contributed by atoms with Crippen LogP contribution in [0, 0.1) is 0 Å². The molecule has 0 saturated carbocycles. The lowest BCUT2D eigenvalue weighted by Gasteiger charge is -2.32. The van der Waals surface area contributed by atoms with E-state index in [1.165, 1.54) is 23.5 Å². The van der Waals surface area contributed by atoms with E-state index in [4.69, 9.17) is 0 Å². The highest BCUT2D eigenvalue weighted by Crippen LogP contribution is 2.27. The number of hydrazone groups is 2. The lowest BCUT2D eigenvalue weighted by atomic mass is 10.1. The molecule has 2 saturated heterocycles. The van der Waals surface area contributed by atoms with Gasteiger partial charge in [0.15, 0.2) is 0 Å². The molecule has 0 unspecified atom stereocenters. The molecule has 76 heavy (non-hydrogen) atoms. The van der Waals surface area contributed by atoms with Gasteiger partial charge in [0.25, 0.3) is 11.8 Å². The van der Waals surface area contributed by atoms with Gasteiger partial charge in [0, 0.05) is 47.1 Å². The third-order valence-corrected chi connectivity index (χ3v) is 15.8. The van der Waals surface area contributed by atoms with E-state index in [9.17, 15) is 28.8 Å².